The molecule has 0 radical (unpaired) electrons. The third-order valence-electron chi connectivity index (χ3n) is 4.31. The number of aryl methyl sites for hydroxylation is 1. The van der Waals surface area contributed by atoms with Gasteiger partial charge in [-0.25, -0.2) is 4.79 Å². The third kappa shape index (κ3) is 3.50. The Morgan fingerprint density at radius 3 is 2.89 bits per heavy atom. The molecule has 0 aliphatic rings. The molecule has 0 saturated carbocycles. The average molecular weight is 379 g/mol. The first-order chi connectivity index (χ1) is 13.6. The highest BCUT2D eigenvalue weighted by Gasteiger charge is 2.18. The molecule has 3 heterocycles. The van der Waals surface area contributed by atoms with Gasteiger partial charge in [0.25, 0.3) is 11.5 Å². The number of rotatable bonds is 6. The van der Waals surface area contributed by atoms with Crippen molar-refractivity contribution in [2.75, 3.05) is 6.54 Å². The second-order valence-corrected chi connectivity index (χ2v) is 6.22. The summed E-state index contributed by atoms with van der Waals surface area (Å²) in [6.45, 7) is 0.729. The maximum Gasteiger partial charge on any atom is 0.328 e. The van der Waals surface area contributed by atoms with Gasteiger partial charge in [0.1, 0.15) is 11.3 Å². The number of H-pyrrole nitrogens is 2. The topological polar surface area (TPSA) is 126 Å². The van der Waals surface area contributed by atoms with E-state index in [9.17, 15) is 14.4 Å². The van der Waals surface area contributed by atoms with Crippen molar-refractivity contribution in [1.82, 2.24) is 25.1 Å². The van der Waals surface area contributed by atoms with Gasteiger partial charge in [0.2, 0.25) is 0 Å². The number of nitrogens with one attached hydrogen (secondary N) is 3. The van der Waals surface area contributed by atoms with Crippen molar-refractivity contribution in [3.63, 3.8) is 0 Å². The number of hydrogen-bond donors (Lipinski definition) is 3. The van der Waals surface area contributed by atoms with Gasteiger partial charge in [0.15, 0.2) is 5.76 Å². The van der Waals surface area contributed by atoms with Crippen LogP contribution in [0.15, 0.2) is 62.8 Å². The summed E-state index contributed by atoms with van der Waals surface area (Å²) in [7, 11) is 0. The van der Waals surface area contributed by atoms with Crippen LogP contribution in [0.3, 0.4) is 0 Å². The molecule has 4 aromatic rings. The smallest absolute Gasteiger partial charge is 0.328 e. The van der Waals surface area contributed by atoms with Gasteiger partial charge in [-0.2, -0.15) is 5.10 Å². The van der Waals surface area contributed by atoms with E-state index >= 15 is 0 Å². The van der Waals surface area contributed by atoms with Crippen molar-refractivity contribution < 1.29 is 9.21 Å². The van der Waals surface area contributed by atoms with E-state index in [0.717, 1.165) is 11.0 Å². The second-order valence-electron chi connectivity index (χ2n) is 6.22. The van der Waals surface area contributed by atoms with E-state index in [0.29, 0.717) is 36.5 Å². The summed E-state index contributed by atoms with van der Waals surface area (Å²) in [5, 5.41) is 10.5. The predicted molar refractivity (Wildman–Crippen MR) is 102 cm³/mol. The zero-order chi connectivity index (χ0) is 19.5. The van der Waals surface area contributed by atoms with Crippen molar-refractivity contribution in [3.05, 3.63) is 75.2 Å². The zero-order valence-corrected chi connectivity index (χ0v) is 14.8. The molecule has 0 aliphatic carbocycles. The highest BCUT2D eigenvalue weighted by atomic mass is 16.3. The minimum atomic E-state index is -0.471. The summed E-state index contributed by atoms with van der Waals surface area (Å²) in [6.07, 6.45) is 3.40. The number of amides is 1. The number of benzene rings is 1. The van der Waals surface area contributed by atoms with Crippen LogP contribution in [0.25, 0.3) is 22.4 Å². The number of para-hydroxylation sites is 1. The van der Waals surface area contributed by atoms with Crippen LogP contribution in [-0.4, -0.2) is 32.2 Å². The summed E-state index contributed by atoms with van der Waals surface area (Å²) in [5.74, 6) is 0.238. The molecule has 3 aromatic heterocycles. The summed E-state index contributed by atoms with van der Waals surface area (Å²) >= 11 is 0. The van der Waals surface area contributed by atoms with Crippen molar-refractivity contribution >= 4 is 16.9 Å². The first-order valence-electron chi connectivity index (χ1n) is 8.72. The van der Waals surface area contributed by atoms with Crippen LogP contribution in [0.2, 0.25) is 0 Å². The maximum absolute atomic E-state index is 12.5. The Kier molecular flexibility index (Phi) is 4.63. The number of aromatic amines is 2. The fourth-order valence-electron chi connectivity index (χ4n) is 2.92. The van der Waals surface area contributed by atoms with Gasteiger partial charge in [-0.15, -0.1) is 0 Å². The molecular formula is C19H17N5O4. The Balaban J connectivity index is 1.41. The van der Waals surface area contributed by atoms with E-state index in [4.69, 9.17) is 4.42 Å². The summed E-state index contributed by atoms with van der Waals surface area (Å²) in [4.78, 5) is 37.4. The highest BCUT2D eigenvalue weighted by molar-refractivity contribution is 6.00. The fraction of sp³-hybridized carbons (Fsp3) is 0.158. The number of carbonyl (C=O) groups is 1. The average Bonchev–Trinajstić information content (AvgIpc) is 3.33. The summed E-state index contributed by atoms with van der Waals surface area (Å²) < 4.78 is 7.17. The van der Waals surface area contributed by atoms with E-state index in [1.807, 2.05) is 30.3 Å². The molecule has 1 aromatic carbocycles. The lowest BCUT2D eigenvalue weighted by atomic mass is 10.2. The molecule has 28 heavy (non-hydrogen) atoms. The lowest BCUT2D eigenvalue weighted by molar-refractivity contribution is 0.0953. The lowest BCUT2D eigenvalue weighted by Gasteiger charge is -2.06. The number of fused-ring (bicyclic) bond motifs is 1. The fourth-order valence-corrected chi connectivity index (χ4v) is 2.92. The largest absolute Gasteiger partial charge is 0.454 e. The lowest BCUT2D eigenvalue weighted by Crippen LogP contribution is -2.30. The van der Waals surface area contributed by atoms with Gasteiger partial charge < -0.3 is 14.3 Å². The molecule has 9 heteroatoms. The molecule has 0 bridgehead atoms. The molecule has 0 aliphatic heterocycles. The molecule has 0 atom stereocenters. The molecule has 0 unspecified atom stereocenters. The van der Waals surface area contributed by atoms with Crippen molar-refractivity contribution in [2.45, 2.75) is 13.0 Å². The van der Waals surface area contributed by atoms with Crippen LogP contribution in [0.4, 0.5) is 0 Å². The molecule has 0 saturated heterocycles. The molecule has 0 fully saturated rings. The number of nitrogens with zero attached hydrogens (tertiary/aromatic N) is 2. The van der Waals surface area contributed by atoms with Crippen LogP contribution in [0.1, 0.15) is 16.8 Å². The number of furan rings is 1. The minimum Gasteiger partial charge on any atom is -0.454 e. The normalized spacial score (nSPS) is 11.0. The molecule has 1 amide bonds. The van der Waals surface area contributed by atoms with Crippen LogP contribution >= 0.6 is 0 Å². The van der Waals surface area contributed by atoms with Crippen molar-refractivity contribution in [3.8, 4) is 11.5 Å². The van der Waals surface area contributed by atoms with Gasteiger partial charge >= 0.3 is 5.69 Å². The Morgan fingerprint density at radius 2 is 2.07 bits per heavy atom. The van der Waals surface area contributed by atoms with Crippen LogP contribution in [-0.2, 0) is 6.54 Å². The van der Waals surface area contributed by atoms with E-state index in [2.05, 4.69) is 20.5 Å². The van der Waals surface area contributed by atoms with Gasteiger partial charge in [-0.1, -0.05) is 18.2 Å². The first-order valence-corrected chi connectivity index (χ1v) is 8.72. The Hall–Kier alpha value is -3.88. The van der Waals surface area contributed by atoms with E-state index < -0.39 is 11.2 Å². The Morgan fingerprint density at radius 1 is 1.21 bits per heavy atom. The van der Waals surface area contributed by atoms with E-state index in [-0.39, 0.29) is 5.91 Å². The van der Waals surface area contributed by atoms with Gasteiger partial charge in [-0.3, -0.25) is 19.7 Å². The van der Waals surface area contributed by atoms with Crippen molar-refractivity contribution in [1.29, 1.82) is 0 Å². The molecule has 0 spiro atoms. The second kappa shape index (κ2) is 7.39. The number of carbonyl (C=O) groups excluding carboxylic acids is 1. The predicted octanol–water partition coefficient (Wildman–Crippen LogP) is 1.49. The van der Waals surface area contributed by atoms with Crippen LogP contribution in [0, 0.1) is 0 Å². The number of aromatic nitrogens is 4. The van der Waals surface area contributed by atoms with E-state index in [1.54, 1.807) is 0 Å². The van der Waals surface area contributed by atoms with Gasteiger partial charge in [0, 0.05) is 30.7 Å². The van der Waals surface area contributed by atoms with Gasteiger partial charge in [-0.05, 0) is 18.6 Å². The summed E-state index contributed by atoms with van der Waals surface area (Å²) in [5.41, 5.74) is 0.698. The minimum absolute atomic E-state index is 0.293. The molecule has 3 N–H and O–H groups in total. The molecule has 9 nitrogen and oxygen atoms in total. The highest BCUT2D eigenvalue weighted by Crippen LogP contribution is 2.28. The number of hydrogen-bond acceptors (Lipinski definition) is 5. The monoisotopic (exact) mass is 379 g/mol. The third-order valence-corrected chi connectivity index (χ3v) is 4.31. The van der Waals surface area contributed by atoms with Crippen molar-refractivity contribution in [2.24, 2.45) is 0 Å². The molecule has 4 rings (SSSR count). The van der Waals surface area contributed by atoms with Crippen LogP contribution < -0.4 is 16.6 Å². The molecular weight excluding hydrogens is 362 g/mol. The quantitative estimate of drug-likeness (QED) is 0.438. The maximum atomic E-state index is 12.5. The van der Waals surface area contributed by atoms with E-state index in [1.165, 1.54) is 23.0 Å². The Bertz CT molecular complexity index is 1210. The standard InChI is InChI=1S/C19H17N5O4/c25-16-6-9-24(19(27)22-16)8-3-7-20-18(26)13-11-21-23-17(13)15-10-12-4-1-2-5-14(12)28-15/h1-2,4-6,9-11H,3,7-8H2,(H,20,26)(H,21,23)(H,22,25,27). The van der Waals surface area contributed by atoms with Gasteiger partial charge in [0.05, 0.1) is 11.8 Å². The molecule has 142 valence electrons. The first kappa shape index (κ1) is 17.5. The Labute approximate surface area is 158 Å². The summed E-state index contributed by atoms with van der Waals surface area (Å²) in [6, 6.07) is 10.7. The SMILES string of the molecule is O=C(NCCCn1ccc(=O)[nH]c1=O)c1cn[nH]c1-c1cc2ccccc2o1. The zero-order valence-electron chi connectivity index (χ0n) is 14.8. The van der Waals surface area contributed by atoms with Crippen LogP contribution in [0.5, 0.6) is 0 Å².